The molecule has 0 bridgehead atoms. The quantitative estimate of drug-likeness (QED) is 0.698. The molecule has 16 heavy (non-hydrogen) atoms. The van der Waals surface area contributed by atoms with Crippen LogP contribution in [-0.4, -0.2) is 37.1 Å². The van der Waals surface area contributed by atoms with E-state index in [0.29, 0.717) is 6.04 Å². The van der Waals surface area contributed by atoms with Crippen LogP contribution in [0.4, 0.5) is 0 Å². The first-order valence-electron chi connectivity index (χ1n) is 6.68. The highest BCUT2D eigenvalue weighted by molar-refractivity contribution is 4.89. The summed E-state index contributed by atoms with van der Waals surface area (Å²) in [6, 6.07) is 0.654. The van der Waals surface area contributed by atoms with E-state index in [1.807, 2.05) is 0 Å². The summed E-state index contributed by atoms with van der Waals surface area (Å²) in [5, 5.41) is 3.50. The third kappa shape index (κ3) is 5.13. The van der Waals surface area contributed by atoms with Crippen molar-refractivity contribution in [2.75, 3.05) is 26.2 Å². The van der Waals surface area contributed by atoms with E-state index in [1.165, 1.54) is 44.6 Å². The number of hydrogen-bond acceptors (Lipinski definition) is 2. The number of piperidine rings is 1. The lowest BCUT2D eigenvalue weighted by atomic mass is 9.98. The summed E-state index contributed by atoms with van der Waals surface area (Å²) in [4.78, 5) is 2.60. The standard InChI is InChI=1S/C14H28N2/c1-12(2)7-9-16(13(3)4)11-14-6-5-8-15-10-14/h13-15H,1,5-11H2,2-4H3. The van der Waals surface area contributed by atoms with Crippen LogP contribution >= 0.6 is 0 Å². The van der Waals surface area contributed by atoms with Gasteiger partial charge in [-0.25, -0.2) is 0 Å². The zero-order chi connectivity index (χ0) is 12.0. The van der Waals surface area contributed by atoms with Gasteiger partial charge in [-0.1, -0.05) is 5.57 Å². The highest BCUT2D eigenvalue weighted by atomic mass is 15.1. The second-order valence-electron chi connectivity index (χ2n) is 5.51. The molecule has 1 saturated heterocycles. The van der Waals surface area contributed by atoms with E-state index in [-0.39, 0.29) is 0 Å². The Morgan fingerprint density at radius 2 is 2.25 bits per heavy atom. The molecule has 0 aromatic heterocycles. The van der Waals surface area contributed by atoms with Crippen molar-refractivity contribution in [3.63, 3.8) is 0 Å². The smallest absolute Gasteiger partial charge is 0.00388 e. The molecule has 2 nitrogen and oxygen atoms in total. The van der Waals surface area contributed by atoms with Crippen molar-refractivity contribution >= 4 is 0 Å². The molecule has 94 valence electrons. The molecule has 1 aliphatic rings. The van der Waals surface area contributed by atoms with E-state index in [2.05, 4.69) is 37.6 Å². The summed E-state index contributed by atoms with van der Waals surface area (Å²) in [7, 11) is 0. The molecule has 0 aliphatic carbocycles. The van der Waals surface area contributed by atoms with Gasteiger partial charge in [-0.3, -0.25) is 0 Å². The van der Waals surface area contributed by atoms with Gasteiger partial charge in [0, 0.05) is 19.1 Å². The summed E-state index contributed by atoms with van der Waals surface area (Å²) in [5.74, 6) is 0.848. The van der Waals surface area contributed by atoms with Crippen molar-refractivity contribution in [3.05, 3.63) is 12.2 Å². The first kappa shape index (κ1) is 13.7. The van der Waals surface area contributed by atoms with E-state index < -0.39 is 0 Å². The molecule has 0 aromatic rings. The van der Waals surface area contributed by atoms with E-state index >= 15 is 0 Å². The molecule has 1 atom stereocenters. The van der Waals surface area contributed by atoms with Gasteiger partial charge in [0.2, 0.25) is 0 Å². The maximum Gasteiger partial charge on any atom is 0.00388 e. The van der Waals surface area contributed by atoms with E-state index in [9.17, 15) is 0 Å². The van der Waals surface area contributed by atoms with Gasteiger partial charge in [0.25, 0.3) is 0 Å². The van der Waals surface area contributed by atoms with Crippen molar-refractivity contribution in [3.8, 4) is 0 Å². The molecule has 0 aromatic carbocycles. The molecule has 1 aliphatic heterocycles. The average molecular weight is 224 g/mol. The number of nitrogens with one attached hydrogen (secondary N) is 1. The minimum atomic E-state index is 0.654. The fraction of sp³-hybridized carbons (Fsp3) is 0.857. The fourth-order valence-corrected chi connectivity index (χ4v) is 2.31. The third-order valence-corrected chi connectivity index (χ3v) is 3.45. The van der Waals surface area contributed by atoms with Crippen LogP contribution in [0.1, 0.15) is 40.0 Å². The number of nitrogens with zero attached hydrogens (tertiary/aromatic N) is 1. The monoisotopic (exact) mass is 224 g/mol. The summed E-state index contributed by atoms with van der Waals surface area (Å²) in [6.45, 7) is 15.6. The molecule has 1 N–H and O–H groups in total. The fourth-order valence-electron chi connectivity index (χ4n) is 2.31. The van der Waals surface area contributed by atoms with E-state index in [1.54, 1.807) is 0 Å². The molecule has 0 spiro atoms. The Morgan fingerprint density at radius 1 is 1.50 bits per heavy atom. The predicted octanol–water partition coefficient (Wildman–Crippen LogP) is 2.66. The van der Waals surface area contributed by atoms with Crippen LogP contribution in [-0.2, 0) is 0 Å². The zero-order valence-corrected chi connectivity index (χ0v) is 11.3. The molecule has 1 rings (SSSR count). The molecule has 1 heterocycles. The van der Waals surface area contributed by atoms with Crippen LogP contribution in [0, 0.1) is 5.92 Å². The van der Waals surface area contributed by atoms with E-state index in [4.69, 9.17) is 0 Å². The highest BCUT2D eigenvalue weighted by Gasteiger charge is 2.18. The van der Waals surface area contributed by atoms with Crippen LogP contribution < -0.4 is 5.32 Å². The van der Waals surface area contributed by atoms with Crippen molar-refractivity contribution in [1.82, 2.24) is 10.2 Å². The summed E-state index contributed by atoms with van der Waals surface area (Å²) in [6.07, 6.45) is 3.87. The molecular weight excluding hydrogens is 196 g/mol. The molecule has 1 fully saturated rings. The minimum absolute atomic E-state index is 0.654. The van der Waals surface area contributed by atoms with Crippen molar-refractivity contribution < 1.29 is 0 Å². The maximum atomic E-state index is 3.99. The minimum Gasteiger partial charge on any atom is -0.316 e. The Labute approximate surface area is 101 Å². The van der Waals surface area contributed by atoms with Gasteiger partial charge in [-0.2, -0.15) is 0 Å². The highest BCUT2D eigenvalue weighted by Crippen LogP contribution is 2.14. The van der Waals surface area contributed by atoms with Gasteiger partial charge in [0.15, 0.2) is 0 Å². The van der Waals surface area contributed by atoms with Gasteiger partial charge in [0.05, 0.1) is 0 Å². The average Bonchev–Trinajstić information content (AvgIpc) is 2.25. The van der Waals surface area contributed by atoms with Gasteiger partial charge in [-0.15, -0.1) is 6.58 Å². The Balaban J connectivity index is 2.34. The van der Waals surface area contributed by atoms with Gasteiger partial charge >= 0.3 is 0 Å². The summed E-state index contributed by atoms with van der Waals surface area (Å²) < 4.78 is 0. The van der Waals surface area contributed by atoms with Gasteiger partial charge in [-0.05, 0) is 59.0 Å². The van der Waals surface area contributed by atoms with Gasteiger partial charge in [0.1, 0.15) is 0 Å². The molecular formula is C14H28N2. The first-order chi connectivity index (χ1) is 7.59. The lowest BCUT2D eigenvalue weighted by Crippen LogP contribution is -2.41. The van der Waals surface area contributed by atoms with Crippen LogP contribution in [0.15, 0.2) is 12.2 Å². The first-order valence-corrected chi connectivity index (χ1v) is 6.68. The van der Waals surface area contributed by atoms with Crippen molar-refractivity contribution in [2.45, 2.75) is 46.1 Å². The maximum absolute atomic E-state index is 3.99. The predicted molar refractivity (Wildman–Crippen MR) is 71.7 cm³/mol. The molecule has 2 heteroatoms. The van der Waals surface area contributed by atoms with Crippen molar-refractivity contribution in [2.24, 2.45) is 5.92 Å². The topological polar surface area (TPSA) is 15.3 Å². The number of hydrogen-bond donors (Lipinski definition) is 1. The molecule has 1 unspecified atom stereocenters. The molecule has 0 radical (unpaired) electrons. The van der Waals surface area contributed by atoms with Crippen LogP contribution in [0.25, 0.3) is 0 Å². The second kappa shape index (κ2) is 7.08. The Bertz CT molecular complexity index is 205. The normalized spacial score (nSPS) is 21.7. The molecule has 0 saturated carbocycles. The summed E-state index contributed by atoms with van der Waals surface area (Å²) >= 11 is 0. The summed E-state index contributed by atoms with van der Waals surface area (Å²) in [5.41, 5.74) is 1.30. The van der Waals surface area contributed by atoms with E-state index in [0.717, 1.165) is 12.3 Å². The Hall–Kier alpha value is -0.340. The Kier molecular flexibility index (Phi) is 6.07. The third-order valence-electron chi connectivity index (χ3n) is 3.45. The van der Waals surface area contributed by atoms with Gasteiger partial charge < -0.3 is 10.2 Å². The van der Waals surface area contributed by atoms with Crippen LogP contribution in [0.3, 0.4) is 0 Å². The zero-order valence-electron chi connectivity index (χ0n) is 11.3. The lowest BCUT2D eigenvalue weighted by Gasteiger charge is -2.32. The second-order valence-corrected chi connectivity index (χ2v) is 5.51. The van der Waals surface area contributed by atoms with Crippen LogP contribution in [0.5, 0.6) is 0 Å². The molecule has 0 amide bonds. The largest absolute Gasteiger partial charge is 0.316 e. The lowest BCUT2D eigenvalue weighted by molar-refractivity contribution is 0.173. The SMILES string of the molecule is C=C(C)CCN(CC1CCCNC1)C(C)C. The van der Waals surface area contributed by atoms with Crippen molar-refractivity contribution in [1.29, 1.82) is 0 Å². The van der Waals surface area contributed by atoms with Crippen LogP contribution in [0.2, 0.25) is 0 Å². The number of rotatable bonds is 6. The Morgan fingerprint density at radius 3 is 2.75 bits per heavy atom.